The molecule has 0 aromatic heterocycles. The molecule has 1 aliphatic rings. The van der Waals surface area contributed by atoms with E-state index in [9.17, 15) is 0 Å². The van der Waals surface area contributed by atoms with Crippen molar-refractivity contribution in [3.05, 3.63) is 12.3 Å². The van der Waals surface area contributed by atoms with E-state index in [1.165, 1.54) is 0 Å². The van der Waals surface area contributed by atoms with Crippen molar-refractivity contribution in [2.75, 3.05) is 0 Å². The molecule has 9 heavy (non-hydrogen) atoms. The van der Waals surface area contributed by atoms with Crippen molar-refractivity contribution < 1.29 is 4.74 Å². The van der Waals surface area contributed by atoms with Gasteiger partial charge in [-0.2, -0.15) is 0 Å². The van der Waals surface area contributed by atoms with Gasteiger partial charge in [-0.3, -0.25) is 0 Å². The van der Waals surface area contributed by atoms with Gasteiger partial charge >= 0.3 is 0 Å². The van der Waals surface area contributed by atoms with E-state index in [2.05, 4.69) is 11.9 Å². The van der Waals surface area contributed by atoms with Crippen LogP contribution in [0.5, 0.6) is 0 Å². The summed E-state index contributed by atoms with van der Waals surface area (Å²) in [5, 5.41) is 3.24. The molecule has 0 aromatic rings. The van der Waals surface area contributed by atoms with Crippen LogP contribution >= 0.6 is 12.2 Å². The van der Waals surface area contributed by atoms with E-state index in [1.807, 2.05) is 13.8 Å². The molecule has 0 spiro atoms. The SMILES string of the molecule is C=C1NC(=S)OC1(C)C. The van der Waals surface area contributed by atoms with Gasteiger partial charge in [-0.15, -0.1) is 0 Å². The molecule has 0 aliphatic carbocycles. The first-order valence-electron chi connectivity index (χ1n) is 2.72. The van der Waals surface area contributed by atoms with Crippen molar-refractivity contribution in [1.82, 2.24) is 5.32 Å². The third kappa shape index (κ3) is 1.05. The Kier molecular flexibility index (Phi) is 1.24. The van der Waals surface area contributed by atoms with Gasteiger partial charge in [0.2, 0.25) is 0 Å². The first-order chi connectivity index (χ1) is 4.02. The van der Waals surface area contributed by atoms with Crippen molar-refractivity contribution in [2.45, 2.75) is 19.4 Å². The van der Waals surface area contributed by atoms with Gasteiger partial charge in [-0.05, 0) is 26.1 Å². The van der Waals surface area contributed by atoms with Gasteiger partial charge in [0.25, 0.3) is 5.17 Å². The molecule has 0 bridgehead atoms. The maximum Gasteiger partial charge on any atom is 0.261 e. The van der Waals surface area contributed by atoms with E-state index in [-0.39, 0.29) is 5.60 Å². The predicted octanol–water partition coefficient (Wildman–Crippen LogP) is 1.18. The van der Waals surface area contributed by atoms with Crippen molar-refractivity contribution >= 4 is 17.4 Å². The van der Waals surface area contributed by atoms with Crippen molar-refractivity contribution in [3.8, 4) is 0 Å². The van der Waals surface area contributed by atoms with Crippen LogP contribution in [-0.2, 0) is 4.74 Å². The van der Waals surface area contributed by atoms with Crippen LogP contribution in [-0.4, -0.2) is 10.8 Å². The lowest BCUT2D eigenvalue weighted by Crippen LogP contribution is -2.20. The maximum absolute atomic E-state index is 5.18. The Morgan fingerprint density at radius 1 is 1.67 bits per heavy atom. The monoisotopic (exact) mass is 143 g/mol. The fraction of sp³-hybridized carbons (Fsp3) is 0.500. The predicted molar refractivity (Wildman–Crippen MR) is 40.0 cm³/mol. The van der Waals surface area contributed by atoms with Crippen LogP contribution in [0.25, 0.3) is 0 Å². The summed E-state index contributed by atoms with van der Waals surface area (Å²) in [6.45, 7) is 7.57. The number of nitrogens with one attached hydrogen (secondary N) is 1. The third-order valence-corrected chi connectivity index (χ3v) is 1.51. The highest BCUT2D eigenvalue weighted by Crippen LogP contribution is 2.22. The van der Waals surface area contributed by atoms with Crippen molar-refractivity contribution in [2.24, 2.45) is 0 Å². The molecular weight excluding hydrogens is 134 g/mol. The van der Waals surface area contributed by atoms with Gasteiger partial charge in [0.15, 0.2) is 0 Å². The van der Waals surface area contributed by atoms with Crippen molar-refractivity contribution in [1.29, 1.82) is 0 Å². The first-order valence-corrected chi connectivity index (χ1v) is 3.12. The molecule has 3 heteroatoms. The fourth-order valence-corrected chi connectivity index (χ4v) is 0.924. The lowest BCUT2D eigenvalue weighted by molar-refractivity contribution is 0.163. The lowest BCUT2D eigenvalue weighted by atomic mass is 10.1. The molecule has 1 aliphatic heterocycles. The highest BCUT2D eigenvalue weighted by Gasteiger charge is 2.31. The van der Waals surface area contributed by atoms with Gasteiger partial charge < -0.3 is 10.1 Å². The Morgan fingerprint density at radius 2 is 2.22 bits per heavy atom. The summed E-state index contributed by atoms with van der Waals surface area (Å²) in [5.41, 5.74) is 0.504. The average Bonchev–Trinajstić information content (AvgIpc) is 1.79. The Labute approximate surface area is 59.9 Å². The first kappa shape index (κ1) is 6.55. The zero-order valence-corrected chi connectivity index (χ0v) is 6.34. The van der Waals surface area contributed by atoms with Gasteiger partial charge in [0.05, 0.1) is 5.70 Å². The van der Waals surface area contributed by atoms with E-state index < -0.39 is 0 Å². The third-order valence-electron chi connectivity index (χ3n) is 1.33. The van der Waals surface area contributed by atoms with Crippen LogP contribution in [0.1, 0.15) is 13.8 Å². The molecule has 0 unspecified atom stereocenters. The average molecular weight is 143 g/mol. The van der Waals surface area contributed by atoms with E-state index in [0.29, 0.717) is 5.17 Å². The molecular formula is C6H9NOS. The minimum atomic E-state index is -0.322. The Morgan fingerprint density at radius 3 is 2.33 bits per heavy atom. The molecule has 2 nitrogen and oxygen atoms in total. The topological polar surface area (TPSA) is 21.3 Å². The quantitative estimate of drug-likeness (QED) is 0.514. The van der Waals surface area contributed by atoms with Crippen LogP contribution in [0.15, 0.2) is 12.3 Å². The summed E-state index contributed by atoms with van der Waals surface area (Å²) >= 11 is 4.75. The summed E-state index contributed by atoms with van der Waals surface area (Å²) < 4.78 is 5.18. The highest BCUT2D eigenvalue weighted by atomic mass is 32.1. The van der Waals surface area contributed by atoms with Gasteiger partial charge in [-0.1, -0.05) is 6.58 Å². The number of rotatable bonds is 0. The lowest BCUT2D eigenvalue weighted by Gasteiger charge is -2.15. The molecule has 1 N–H and O–H groups in total. The Bertz CT molecular complexity index is 174. The number of hydrogen-bond donors (Lipinski definition) is 1. The molecule has 0 saturated carbocycles. The second kappa shape index (κ2) is 1.70. The van der Waals surface area contributed by atoms with Crippen LogP contribution in [0.2, 0.25) is 0 Å². The smallest absolute Gasteiger partial charge is 0.261 e. The summed E-state index contributed by atoms with van der Waals surface area (Å²) in [5.74, 6) is 0. The van der Waals surface area contributed by atoms with E-state index >= 15 is 0 Å². The number of hydrogen-bond acceptors (Lipinski definition) is 2. The molecule has 1 saturated heterocycles. The van der Waals surface area contributed by atoms with Crippen LogP contribution in [0.4, 0.5) is 0 Å². The van der Waals surface area contributed by atoms with E-state index in [4.69, 9.17) is 17.0 Å². The molecule has 0 atom stereocenters. The summed E-state index contributed by atoms with van der Waals surface area (Å²) in [4.78, 5) is 0. The minimum Gasteiger partial charge on any atom is -0.458 e. The molecule has 0 amide bonds. The molecule has 0 radical (unpaired) electrons. The molecule has 1 heterocycles. The standard InChI is InChI=1S/C6H9NOS/c1-4-6(2,3)8-5(9)7-4/h1H2,2-3H3,(H,7,9). The molecule has 1 rings (SSSR count). The summed E-state index contributed by atoms with van der Waals surface area (Å²) in [7, 11) is 0. The molecule has 1 fully saturated rings. The van der Waals surface area contributed by atoms with Gasteiger partial charge in [0, 0.05) is 0 Å². The molecule has 50 valence electrons. The van der Waals surface area contributed by atoms with Gasteiger partial charge in [-0.25, -0.2) is 0 Å². The van der Waals surface area contributed by atoms with Crippen LogP contribution in [0.3, 0.4) is 0 Å². The number of thiocarbonyl (C=S) groups is 1. The minimum absolute atomic E-state index is 0.322. The largest absolute Gasteiger partial charge is 0.458 e. The summed E-state index contributed by atoms with van der Waals surface area (Å²) in [6.07, 6.45) is 0. The van der Waals surface area contributed by atoms with E-state index in [1.54, 1.807) is 0 Å². The fourth-order valence-electron chi connectivity index (χ4n) is 0.593. The number of ether oxygens (including phenoxy) is 1. The normalized spacial score (nSPS) is 23.3. The van der Waals surface area contributed by atoms with Crippen LogP contribution < -0.4 is 5.32 Å². The zero-order chi connectivity index (χ0) is 7.07. The maximum atomic E-state index is 5.18. The highest BCUT2D eigenvalue weighted by molar-refractivity contribution is 7.80. The van der Waals surface area contributed by atoms with Gasteiger partial charge in [0.1, 0.15) is 5.60 Å². The Balaban J connectivity index is 2.81. The second-order valence-electron chi connectivity index (χ2n) is 2.50. The summed E-state index contributed by atoms with van der Waals surface area (Å²) in [6, 6.07) is 0. The zero-order valence-electron chi connectivity index (χ0n) is 5.52. The van der Waals surface area contributed by atoms with E-state index in [0.717, 1.165) is 5.70 Å². The second-order valence-corrected chi connectivity index (χ2v) is 2.87. The van der Waals surface area contributed by atoms with Crippen LogP contribution in [0, 0.1) is 0 Å². The Hall–Kier alpha value is -0.570. The van der Waals surface area contributed by atoms with Crippen molar-refractivity contribution in [3.63, 3.8) is 0 Å². The molecule has 0 aromatic carbocycles.